The summed E-state index contributed by atoms with van der Waals surface area (Å²) >= 11 is 0. The van der Waals surface area contributed by atoms with Gasteiger partial charge in [-0.1, -0.05) is 6.07 Å². The minimum absolute atomic E-state index is 0.636. The van der Waals surface area contributed by atoms with Crippen molar-refractivity contribution in [1.29, 1.82) is 0 Å². The summed E-state index contributed by atoms with van der Waals surface area (Å²) in [6, 6.07) is 9.88. The third-order valence-corrected chi connectivity index (χ3v) is 5.85. The van der Waals surface area contributed by atoms with Crippen LogP contribution in [0.4, 0.5) is 0 Å². The molecule has 2 aromatic heterocycles. The molecule has 0 spiro atoms. The van der Waals surface area contributed by atoms with Crippen LogP contribution in [0.25, 0.3) is 5.82 Å². The van der Waals surface area contributed by atoms with Crippen molar-refractivity contribution < 1.29 is 0 Å². The minimum Gasteiger partial charge on any atom is -0.303 e. The largest absolute Gasteiger partial charge is 0.303 e. The van der Waals surface area contributed by atoms with Crippen molar-refractivity contribution in [2.45, 2.75) is 52.2 Å². The Bertz CT molecular complexity index is 706. The number of nitrogens with zero attached hydrogens (tertiary/aromatic N) is 4. The van der Waals surface area contributed by atoms with Crippen molar-refractivity contribution in [2.24, 2.45) is 0 Å². The first-order valence-corrected chi connectivity index (χ1v) is 9.21. The molecule has 2 atom stereocenters. The van der Waals surface area contributed by atoms with E-state index in [4.69, 9.17) is 0 Å². The summed E-state index contributed by atoms with van der Waals surface area (Å²) in [5.41, 5.74) is 4.04. The molecule has 0 aliphatic carbocycles. The van der Waals surface area contributed by atoms with Crippen LogP contribution < -0.4 is 0 Å². The third kappa shape index (κ3) is 2.78. The standard InChI is InChI=1S/C20H28N4/c1-15-11-18(17(3)24(15)20-8-4-5-9-21-20)13-23-14-19-7-6-10-22(19)12-16(23)2/h4-5,8-9,11,16,19H,6-7,10,12-14H2,1-3H3/t16-,19+/m1/s1. The minimum atomic E-state index is 0.636. The molecule has 2 aromatic rings. The van der Waals surface area contributed by atoms with Crippen LogP contribution >= 0.6 is 0 Å². The molecule has 4 rings (SSSR count). The Kier molecular flexibility index (Phi) is 4.19. The van der Waals surface area contributed by atoms with Crippen LogP contribution in [0.15, 0.2) is 30.5 Å². The van der Waals surface area contributed by atoms with E-state index in [0.29, 0.717) is 6.04 Å². The summed E-state index contributed by atoms with van der Waals surface area (Å²) < 4.78 is 2.28. The SMILES string of the molecule is Cc1cc(CN2C[C@@H]3CCCN3C[C@H]2C)c(C)n1-c1ccccn1. The lowest BCUT2D eigenvalue weighted by Crippen LogP contribution is -2.54. The zero-order valence-electron chi connectivity index (χ0n) is 15.1. The van der Waals surface area contributed by atoms with Crippen molar-refractivity contribution in [3.63, 3.8) is 0 Å². The lowest BCUT2D eigenvalue weighted by molar-refractivity contribution is 0.0539. The summed E-state index contributed by atoms with van der Waals surface area (Å²) in [6.45, 7) is 11.6. The number of hydrogen-bond donors (Lipinski definition) is 0. The average Bonchev–Trinajstić information content (AvgIpc) is 3.13. The van der Waals surface area contributed by atoms with Crippen molar-refractivity contribution in [3.8, 4) is 5.82 Å². The van der Waals surface area contributed by atoms with Gasteiger partial charge in [0.2, 0.25) is 0 Å². The number of aromatic nitrogens is 2. The van der Waals surface area contributed by atoms with Gasteiger partial charge in [0, 0.05) is 49.3 Å². The second-order valence-electron chi connectivity index (χ2n) is 7.49. The smallest absolute Gasteiger partial charge is 0.136 e. The molecule has 4 nitrogen and oxygen atoms in total. The molecular formula is C20H28N4. The molecule has 0 aromatic carbocycles. The predicted octanol–water partition coefficient (Wildman–Crippen LogP) is 3.16. The average molecular weight is 324 g/mol. The second-order valence-corrected chi connectivity index (χ2v) is 7.49. The molecule has 0 saturated carbocycles. The van der Waals surface area contributed by atoms with Gasteiger partial charge in [0.05, 0.1) is 0 Å². The van der Waals surface area contributed by atoms with E-state index < -0.39 is 0 Å². The first kappa shape index (κ1) is 15.9. The monoisotopic (exact) mass is 324 g/mol. The van der Waals surface area contributed by atoms with E-state index in [9.17, 15) is 0 Å². The topological polar surface area (TPSA) is 24.3 Å². The molecule has 2 saturated heterocycles. The highest BCUT2D eigenvalue weighted by Crippen LogP contribution is 2.27. The molecular weight excluding hydrogens is 296 g/mol. The fraction of sp³-hybridized carbons (Fsp3) is 0.550. The Morgan fingerprint density at radius 3 is 2.88 bits per heavy atom. The Balaban J connectivity index is 1.57. The summed E-state index contributed by atoms with van der Waals surface area (Å²) in [6.07, 6.45) is 4.62. The van der Waals surface area contributed by atoms with Gasteiger partial charge in [-0.3, -0.25) is 9.80 Å². The molecule has 0 amide bonds. The number of fused-ring (bicyclic) bond motifs is 1. The maximum Gasteiger partial charge on any atom is 0.136 e. The highest BCUT2D eigenvalue weighted by atomic mass is 15.3. The highest BCUT2D eigenvalue weighted by molar-refractivity contribution is 5.36. The van der Waals surface area contributed by atoms with Crippen molar-refractivity contribution in [2.75, 3.05) is 19.6 Å². The van der Waals surface area contributed by atoms with E-state index in [1.54, 1.807) is 0 Å². The van der Waals surface area contributed by atoms with Gasteiger partial charge >= 0.3 is 0 Å². The highest BCUT2D eigenvalue weighted by Gasteiger charge is 2.34. The third-order valence-electron chi connectivity index (χ3n) is 5.85. The number of aryl methyl sites for hydroxylation is 1. The maximum atomic E-state index is 4.53. The van der Waals surface area contributed by atoms with Crippen LogP contribution in [0.3, 0.4) is 0 Å². The molecule has 24 heavy (non-hydrogen) atoms. The number of rotatable bonds is 3. The zero-order chi connectivity index (χ0) is 16.7. The number of pyridine rings is 1. The molecule has 2 fully saturated rings. The van der Waals surface area contributed by atoms with Crippen LogP contribution in [-0.4, -0.2) is 51.1 Å². The van der Waals surface area contributed by atoms with Crippen LogP contribution in [0, 0.1) is 13.8 Å². The van der Waals surface area contributed by atoms with Crippen LogP contribution in [0.2, 0.25) is 0 Å². The van der Waals surface area contributed by atoms with E-state index in [1.807, 2.05) is 12.3 Å². The Hall–Kier alpha value is -1.65. The van der Waals surface area contributed by atoms with Gasteiger partial charge in [0.15, 0.2) is 0 Å². The lowest BCUT2D eigenvalue weighted by Gasteiger charge is -2.42. The molecule has 4 heteroatoms. The number of hydrogen-bond acceptors (Lipinski definition) is 3. The molecule has 0 N–H and O–H groups in total. The Morgan fingerprint density at radius 2 is 2.08 bits per heavy atom. The van der Waals surface area contributed by atoms with E-state index in [0.717, 1.165) is 18.4 Å². The molecule has 2 aliphatic rings. The first-order valence-electron chi connectivity index (χ1n) is 9.21. The fourth-order valence-corrected chi connectivity index (χ4v) is 4.51. The zero-order valence-corrected chi connectivity index (χ0v) is 15.1. The van der Waals surface area contributed by atoms with E-state index >= 15 is 0 Å². The molecule has 0 bridgehead atoms. The van der Waals surface area contributed by atoms with Crippen LogP contribution in [-0.2, 0) is 6.54 Å². The molecule has 0 unspecified atom stereocenters. The molecule has 128 valence electrons. The van der Waals surface area contributed by atoms with E-state index in [2.05, 4.69) is 58.3 Å². The van der Waals surface area contributed by atoms with Gasteiger partial charge in [0.1, 0.15) is 5.82 Å². The van der Waals surface area contributed by atoms with Crippen LogP contribution in [0.5, 0.6) is 0 Å². The summed E-state index contributed by atoms with van der Waals surface area (Å²) in [5.74, 6) is 1.02. The van der Waals surface area contributed by atoms with Crippen molar-refractivity contribution >= 4 is 0 Å². The normalized spacial score (nSPS) is 25.1. The predicted molar refractivity (Wildman–Crippen MR) is 97.5 cm³/mol. The van der Waals surface area contributed by atoms with Gasteiger partial charge in [0.25, 0.3) is 0 Å². The van der Waals surface area contributed by atoms with Gasteiger partial charge in [-0.15, -0.1) is 0 Å². The quantitative estimate of drug-likeness (QED) is 0.867. The second kappa shape index (κ2) is 6.34. The summed E-state index contributed by atoms with van der Waals surface area (Å²) in [7, 11) is 0. The summed E-state index contributed by atoms with van der Waals surface area (Å²) in [4.78, 5) is 9.90. The fourth-order valence-electron chi connectivity index (χ4n) is 4.51. The van der Waals surface area contributed by atoms with Crippen molar-refractivity contribution in [3.05, 3.63) is 47.4 Å². The Labute approximate surface area is 145 Å². The van der Waals surface area contributed by atoms with Gasteiger partial charge in [-0.25, -0.2) is 4.98 Å². The Morgan fingerprint density at radius 1 is 1.21 bits per heavy atom. The molecule has 2 aliphatic heterocycles. The lowest BCUT2D eigenvalue weighted by atomic mass is 10.1. The van der Waals surface area contributed by atoms with E-state index in [-0.39, 0.29) is 0 Å². The maximum absolute atomic E-state index is 4.53. The van der Waals surface area contributed by atoms with Gasteiger partial charge in [-0.2, -0.15) is 0 Å². The molecule has 4 heterocycles. The first-order chi connectivity index (χ1) is 11.6. The number of piperazine rings is 1. The van der Waals surface area contributed by atoms with Crippen LogP contribution in [0.1, 0.15) is 36.7 Å². The van der Waals surface area contributed by atoms with Gasteiger partial charge in [-0.05, 0) is 63.9 Å². The summed E-state index contributed by atoms with van der Waals surface area (Å²) in [5, 5.41) is 0. The van der Waals surface area contributed by atoms with Gasteiger partial charge < -0.3 is 4.57 Å². The molecule has 0 radical (unpaired) electrons. The van der Waals surface area contributed by atoms with E-state index in [1.165, 1.54) is 49.4 Å². The van der Waals surface area contributed by atoms with Crippen molar-refractivity contribution in [1.82, 2.24) is 19.4 Å².